The molecule has 0 amide bonds. The molecular weight excluding hydrogens is 374 g/mol. The van der Waals surface area contributed by atoms with Crippen molar-refractivity contribution < 1.29 is 14.3 Å². The Labute approximate surface area is 146 Å². The van der Waals surface area contributed by atoms with Crippen LogP contribution in [0.4, 0.5) is 0 Å². The summed E-state index contributed by atoms with van der Waals surface area (Å²) in [7, 11) is 0. The number of rotatable bonds is 5. The first-order valence-electron chi connectivity index (χ1n) is 7.31. The van der Waals surface area contributed by atoms with E-state index in [-0.39, 0.29) is 24.3 Å². The minimum absolute atomic E-state index is 0.0898. The first-order chi connectivity index (χ1) is 11.6. The summed E-state index contributed by atoms with van der Waals surface area (Å²) in [6.07, 6.45) is 0. The van der Waals surface area contributed by atoms with Crippen LogP contribution in [0.3, 0.4) is 0 Å². The van der Waals surface area contributed by atoms with Crippen molar-refractivity contribution >= 4 is 32.8 Å². The molecule has 3 aromatic rings. The molecule has 0 aliphatic heterocycles. The molecule has 5 nitrogen and oxygen atoms in total. The van der Waals surface area contributed by atoms with Gasteiger partial charge in [0, 0.05) is 21.4 Å². The van der Waals surface area contributed by atoms with Gasteiger partial charge in [-0.3, -0.25) is 4.79 Å². The van der Waals surface area contributed by atoms with Gasteiger partial charge in [0.1, 0.15) is 19.0 Å². The minimum Gasteiger partial charge on any atom is -0.490 e. The zero-order chi connectivity index (χ0) is 16.9. The predicted octanol–water partition coefficient (Wildman–Crippen LogP) is 3.53. The van der Waals surface area contributed by atoms with Gasteiger partial charge in [-0.25, -0.2) is 4.79 Å². The highest BCUT2D eigenvalue weighted by atomic mass is 79.9. The molecule has 3 rings (SSSR count). The van der Waals surface area contributed by atoms with E-state index in [0.29, 0.717) is 16.7 Å². The van der Waals surface area contributed by atoms with Crippen LogP contribution < -0.4 is 10.3 Å². The number of hydrogen-bond acceptors (Lipinski definition) is 4. The van der Waals surface area contributed by atoms with E-state index in [1.54, 1.807) is 24.3 Å². The predicted molar refractivity (Wildman–Crippen MR) is 94.5 cm³/mol. The molecule has 0 saturated carbocycles. The topological polar surface area (TPSA) is 68.4 Å². The molecular formula is C18H14BrNO4. The molecule has 6 heteroatoms. The van der Waals surface area contributed by atoms with Crippen LogP contribution in [0.2, 0.25) is 0 Å². The van der Waals surface area contributed by atoms with Gasteiger partial charge in [-0.2, -0.15) is 0 Å². The van der Waals surface area contributed by atoms with Gasteiger partial charge >= 0.3 is 5.97 Å². The van der Waals surface area contributed by atoms with Crippen molar-refractivity contribution in [2.24, 2.45) is 0 Å². The summed E-state index contributed by atoms with van der Waals surface area (Å²) in [5, 5.41) is 0.648. The van der Waals surface area contributed by atoms with Crippen molar-refractivity contribution in [3.05, 3.63) is 75.0 Å². The van der Waals surface area contributed by atoms with Gasteiger partial charge in [-0.1, -0.05) is 40.2 Å². The SMILES string of the molecule is O=C(OCCOc1cccc(Br)c1)c1cc(=O)[nH]c2ccccc12. The highest BCUT2D eigenvalue weighted by molar-refractivity contribution is 9.10. The Balaban J connectivity index is 1.64. The fourth-order valence-corrected chi connectivity index (χ4v) is 2.68. The van der Waals surface area contributed by atoms with Gasteiger partial charge in [0.2, 0.25) is 5.56 Å². The van der Waals surface area contributed by atoms with Crippen LogP contribution in [0.25, 0.3) is 10.9 Å². The molecule has 0 aliphatic rings. The Bertz CT molecular complexity index is 935. The second kappa shape index (κ2) is 7.31. The van der Waals surface area contributed by atoms with Gasteiger partial charge in [0.15, 0.2) is 0 Å². The van der Waals surface area contributed by atoms with E-state index in [0.717, 1.165) is 4.47 Å². The highest BCUT2D eigenvalue weighted by Gasteiger charge is 2.13. The van der Waals surface area contributed by atoms with Crippen molar-refractivity contribution in [3.8, 4) is 5.75 Å². The maximum Gasteiger partial charge on any atom is 0.339 e. The number of halogens is 1. The fourth-order valence-electron chi connectivity index (χ4n) is 2.30. The Morgan fingerprint density at radius 1 is 1.04 bits per heavy atom. The molecule has 0 unspecified atom stereocenters. The largest absolute Gasteiger partial charge is 0.490 e. The minimum atomic E-state index is -0.546. The van der Waals surface area contributed by atoms with Gasteiger partial charge in [-0.15, -0.1) is 0 Å². The number of aromatic nitrogens is 1. The Morgan fingerprint density at radius 2 is 1.88 bits per heavy atom. The number of carbonyl (C=O) groups excluding carboxylic acids is 1. The molecule has 1 aromatic heterocycles. The van der Waals surface area contributed by atoms with Crippen molar-refractivity contribution in [1.82, 2.24) is 4.98 Å². The molecule has 2 aromatic carbocycles. The number of nitrogens with one attached hydrogen (secondary N) is 1. The summed E-state index contributed by atoms with van der Waals surface area (Å²) in [5.74, 6) is 0.136. The number of esters is 1. The van der Waals surface area contributed by atoms with Crippen LogP contribution in [-0.2, 0) is 4.74 Å². The summed E-state index contributed by atoms with van der Waals surface area (Å²) in [5.41, 5.74) is 0.505. The number of carbonyl (C=O) groups is 1. The van der Waals surface area contributed by atoms with Crippen molar-refractivity contribution in [3.63, 3.8) is 0 Å². The van der Waals surface area contributed by atoms with Crippen LogP contribution in [-0.4, -0.2) is 24.2 Å². The van der Waals surface area contributed by atoms with E-state index in [4.69, 9.17) is 9.47 Å². The van der Waals surface area contributed by atoms with Crippen LogP contribution in [0, 0.1) is 0 Å². The van der Waals surface area contributed by atoms with Gasteiger partial charge < -0.3 is 14.5 Å². The number of pyridine rings is 1. The summed E-state index contributed by atoms with van der Waals surface area (Å²) in [4.78, 5) is 26.6. The maximum atomic E-state index is 12.2. The molecule has 0 bridgehead atoms. The Hall–Kier alpha value is -2.60. The van der Waals surface area contributed by atoms with E-state index >= 15 is 0 Å². The number of benzene rings is 2. The molecule has 1 heterocycles. The quantitative estimate of drug-likeness (QED) is 0.537. The first kappa shape index (κ1) is 16.3. The van der Waals surface area contributed by atoms with Crippen molar-refractivity contribution in [2.45, 2.75) is 0 Å². The average Bonchev–Trinajstić information content (AvgIpc) is 2.58. The third kappa shape index (κ3) is 3.83. The molecule has 1 N–H and O–H groups in total. The lowest BCUT2D eigenvalue weighted by Crippen LogP contribution is -2.16. The van der Waals surface area contributed by atoms with Gasteiger partial charge in [-0.05, 0) is 24.3 Å². The Morgan fingerprint density at radius 3 is 2.71 bits per heavy atom. The monoisotopic (exact) mass is 387 g/mol. The smallest absolute Gasteiger partial charge is 0.339 e. The van der Waals surface area contributed by atoms with E-state index in [2.05, 4.69) is 20.9 Å². The molecule has 0 saturated heterocycles. The number of ether oxygens (including phenoxy) is 2. The van der Waals surface area contributed by atoms with Crippen LogP contribution in [0.1, 0.15) is 10.4 Å². The maximum absolute atomic E-state index is 12.2. The fraction of sp³-hybridized carbons (Fsp3) is 0.111. The van der Waals surface area contributed by atoms with Crippen LogP contribution in [0.15, 0.2) is 63.9 Å². The number of para-hydroxylation sites is 1. The normalized spacial score (nSPS) is 10.5. The van der Waals surface area contributed by atoms with Crippen LogP contribution >= 0.6 is 15.9 Å². The van der Waals surface area contributed by atoms with E-state index in [1.807, 2.05) is 24.3 Å². The Kier molecular flexibility index (Phi) is 4.96. The molecule has 122 valence electrons. The lowest BCUT2D eigenvalue weighted by molar-refractivity contribution is 0.0452. The molecule has 0 aliphatic carbocycles. The number of hydrogen-bond donors (Lipinski definition) is 1. The zero-order valence-corrected chi connectivity index (χ0v) is 14.2. The standard InChI is InChI=1S/C18H14BrNO4/c19-12-4-3-5-13(10-12)23-8-9-24-18(22)15-11-17(21)20-16-7-2-1-6-14(15)16/h1-7,10-11H,8-9H2,(H,20,21). The lowest BCUT2D eigenvalue weighted by atomic mass is 10.1. The van der Waals surface area contributed by atoms with E-state index in [9.17, 15) is 9.59 Å². The summed E-state index contributed by atoms with van der Waals surface area (Å²) in [6, 6.07) is 15.7. The second-order valence-electron chi connectivity index (χ2n) is 5.03. The number of fused-ring (bicyclic) bond motifs is 1. The molecule has 0 radical (unpaired) electrons. The zero-order valence-electron chi connectivity index (χ0n) is 12.6. The lowest BCUT2D eigenvalue weighted by Gasteiger charge is -2.09. The van der Waals surface area contributed by atoms with Gasteiger partial charge in [0.25, 0.3) is 0 Å². The summed E-state index contributed by atoms with van der Waals surface area (Å²) >= 11 is 3.36. The van der Waals surface area contributed by atoms with Crippen LogP contribution in [0.5, 0.6) is 5.75 Å². The molecule has 24 heavy (non-hydrogen) atoms. The van der Waals surface area contributed by atoms with E-state index < -0.39 is 5.97 Å². The molecule has 0 spiro atoms. The molecule has 0 fully saturated rings. The number of H-pyrrole nitrogens is 1. The third-order valence-electron chi connectivity index (χ3n) is 3.35. The average molecular weight is 388 g/mol. The first-order valence-corrected chi connectivity index (χ1v) is 8.10. The summed E-state index contributed by atoms with van der Waals surface area (Å²) in [6.45, 7) is 0.315. The van der Waals surface area contributed by atoms with Gasteiger partial charge in [0.05, 0.1) is 5.56 Å². The molecule has 0 atom stereocenters. The highest BCUT2D eigenvalue weighted by Crippen LogP contribution is 2.18. The second-order valence-corrected chi connectivity index (χ2v) is 5.95. The summed E-state index contributed by atoms with van der Waals surface area (Å²) < 4.78 is 11.6. The third-order valence-corrected chi connectivity index (χ3v) is 3.85. The number of aromatic amines is 1. The van der Waals surface area contributed by atoms with E-state index in [1.165, 1.54) is 6.07 Å². The van der Waals surface area contributed by atoms with Crippen molar-refractivity contribution in [2.75, 3.05) is 13.2 Å². The van der Waals surface area contributed by atoms with Crippen molar-refractivity contribution in [1.29, 1.82) is 0 Å².